The first kappa shape index (κ1) is 10.5. The van der Waals surface area contributed by atoms with Gasteiger partial charge in [0.05, 0.1) is 0 Å². The summed E-state index contributed by atoms with van der Waals surface area (Å²) >= 11 is 0. The molecule has 1 aromatic rings. The lowest BCUT2D eigenvalue weighted by molar-refractivity contribution is -0.138. The fraction of sp³-hybridized carbons (Fsp3) is 0.300. The highest BCUT2D eigenvalue weighted by molar-refractivity contribution is 5.73. The average molecular weight is 195 g/mol. The van der Waals surface area contributed by atoms with E-state index in [-0.39, 0.29) is 5.75 Å². The molecule has 0 radical (unpaired) electrons. The van der Waals surface area contributed by atoms with E-state index in [9.17, 15) is 4.79 Å². The lowest BCUT2D eigenvalue weighted by Gasteiger charge is -2.05. The third-order valence-electron chi connectivity index (χ3n) is 2.00. The molecule has 0 saturated heterocycles. The number of aliphatic carboxylic acids is 1. The highest BCUT2D eigenvalue weighted by Gasteiger charge is 2.10. The van der Waals surface area contributed by atoms with Crippen LogP contribution in [0, 0.1) is 0 Å². The Hall–Kier alpha value is -1.55. The van der Waals surface area contributed by atoms with Gasteiger partial charge in [0.1, 0.15) is 11.8 Å². The van der Waals surface area contributed by atoms with E-state index >= 15 is 0 Å². The number of carboxylic acid groups (broad SMARTS) is 1. The van der Waals surface area contributed by atoms with Crippen LogP contribution < -0.4 is 5.73 Å². The van der Waals surface area contributed by atoms with Crippen LogP contribution in [0.25, 0.3) is 0 Å². The van der Waals surface area contributed by atoms with Crippen molar-refractivity contribution in [2.24, 2.45) is 5.73 Å². The van der Waals surface area contributed by atoms with Crippen molar-refractivity contribution < 1.29 is 15.0 Å². The van der Waals surface area contributed by atoms with Gasteiger partial charge in [-0.1, -0.05) is 12.1 Å². The molecule has 14 heavy (non-hydrogen) atoms. The van der Waals surface area contributed by atoms with E-state index in [1.165, 1.54) is 0 Å². The molecule has 1 aromatic carbocycles. The van der Waals surface area contributed by atoms with E-state index in [4.69, 9.17) is 15.9 Å². The molecule has 0 aliphatic rings. The second kappa shape index (κ2) is 4.62. The molecule has 1 atom stereocenters. The number of phenolic OH excluding ortho intramolecular Hbond substituents is 1. The van der Waals surface area contributed by atoms with Gasteiger partial charge in [0.25, 0.3) is 0 Å². The van der Waals surface area contributed by atoms with Gasteiger partial charge in [-0.25, -0.2) is 0 Å². The Balaban J connectivity index is 2.46. The Morgan fingerprint density at radius 3 is 2.43 bits per heavy atom. The van der Waals surface area contributed by atoms with Crippen molar-refractivity contribution in [1.29, 1.82) is 0 Å². The summed E-state index contributed by atoms with van der Waals surface area (Å²) in [5, 5.41) is 17.5. The second-order valence-electron chi connectivity index (χ2n) is 3.15. The third kappa shape index (κ3) is 3.06. The summed E-state index contributed by atoms with van der Waals surface area (Å²) < 4.78 is 0. The van der Waals surface area contributed by atoms with Crippen LogP contribution in [0.2, 0.25) is 0 Å². The molecule has 0 amide bonds. The van der Waals surface area contributed by atoms with Gasteiger partial charge in [-0.05, 0) is 30.5 Å². The van der Waals surface area contributed by atoms with Gasteiger partial charge >= 0.3 is 5.97 Å². The van der Waals surface area contributed by atoms with Crippen molar-refractivity contribution in [2.45, 2.75) is 18.9 Å². The van der Waals surface area contributed by atoms with Crippen LogP contribution in [0.5, 0.6) is 5.75 Å². The molecular formula is C10H13NO3. The molecule has 0 heterocycles. The summed E-state index contributed by atoms with van der Waals surface area (Å²) in [4.78, 5) is 10.4. The van der Waals surface area contributed by atoms with Crippen LogP contribution in [0.1, 0.15) is 12.0 Å². The molecule has 4 nitrogen and oxygen atoms in total. The summed E-state index contributed by atoms with van der Waals surface area (Å²) in [5.41, 5.74) is 6.32. The van der Waals surface area contributed by atoms with Crippen LogP contribution in [0.3, 0.4) is 0 Å². The number of hydrogen-bond donors (Lipinski definition) is 3. The summed E-state index contributed by atoms with van der Waals surface area (Å²) in [6.07, 6.45) is 1.01. The van der Waals surface area contributed by atoms with Crippen LogP contribution in [-0.2, 0) is 11.2 Å². The average Bonchev–Trinajstić information content (AvgIpc) is 2.16. The van der Waals surface area contributed by atoms with Gasteiger partial charge in [-0.15, -0.1) is 0 Å². The molecule has 4 heteroatoms. The van der Waals surface area contributed by atoms with E-state index in [0.717, 1.165) is 5.56 Å². The zero-order chi connectivity index (χ0) is 10.6. The first-order valence-electron chi connectivity index (χ1n) is 4.36. The standard InChI is InChI=1S/C10H13NO3/c11-9(10(13)14)6-3-7-1-4-8(12)5-2-7/h1-2,4-5,9,12H,3,6,11H2,(H,13,14). The quantitative estimate of drug-likeness (QED) is 0.661. The van der Waals surface area contributed by atoms with Crippen molar-refractivity contribution in [3.8, 4) is 5.75 Å². The predicted molar refractivity (Wildman–Crippen MR) is 52.0 cm³/mol. The number of nitrogens with two attached hydrogens (primary N) is 1. The number of hydrogen-bond acceptors (Lipinski definition) is 3. The minimum Gasteiger partial charge on any atom is -0.508 e. The van der Waals surface area contributed by atoms with Crippen LogP contribution >= 0.6 is 0 Å². The van der Waals surface area contributed by atoms with Crippen molar-refractivity contribution >= 4 is 5.97 Å². The van der Waals surface area contributed by atoms with Gasteiger partial charge in [0, 0.05) is 0 Å². The van der Waals surface area contributed by atoms with Gasteiger partial charge in [-0.3, -0.25) is 4.79 Å². The molecule has 0 saturated carbocycles. The Bertz CT molecular complexity index is 308. The van der Waals surface area contributed by atoms with Gasteiger partial charge < -0.3 is 15.9 Å². The normalized spacial score (nSPS) is 12.4. The highest BCUT2D eigenvalue weighted by Crippen LogP contribution is 2.11. The molecule has 76 valence electrons. The number of benzene rings is 1. The van der Waals surface area contributed by atoms with E-state index in [1.54, 1.807) is 24.3 Å². The van der Waals surface area contributed by atoms with Gasteiger partial charge in [0.2, 0.25) is 0 Å². The summed E-state index contributed by atoms with van der Waals surface area (Å²) in [6.45, 7) is 0. The Morgan fingerprint density at radius 1 is 1.36 bits per heavy atom. The Kier molecular flexibility index (Phi) is 3.48. The van der Waals surface area contributed by atoms with Crippen LogP contribution in [0.15, 0.2) is 24.3 Å². The number of aromatic hydroxyl groups is 1. The second-order valence-corrected chi connectivity index (χ2v) is 3.15. The number of carbonyl (C=O) groups is 1. The topological polar surface area (TPSA) is 83.5 Å². The molecule has 1 rings (SSSR count). The molecule has 0 fully saturated rings. The highest BCUT2D eigenvalue weighted by atomic mass is 16.4. The first-order valence-corrected chi connectivity index (χ1v) is 4.36. The maximum atomic E-state index is 10.4. The summed E-state index contributed by atoms with van der Waals surface area (Å²) in [7, 11) is 0. The summed E-state index contributed by atoms with van der Waals surface area (Å²) in [5.74, 6) is -0.778. The van der Waals surface area contributed by atoms with Crippen molar-refractivity contribution in [3.05, 3.63) is 29.8 Å². The lowest BCUT2D eigenvalue weighted by Crippen LogP contribution is -2.30. The number of aryl methyl sites for hydroxylation is 1. The van der Waals surface area contributed by atoms with Crippen molar-refractivity contribution in [2.75, 3.05) is 0 Å². The van der Waals surface area contributed by atoms with Crippen molar-refractivity contribution in [3.63, 3.8) is 0 Å². The van der Waals surface area contributed by atoms with Crippen LogP contribution in [-0.4, -0.2) is 22.2 Å². The van der Waals surface area contributed by atoms with Gasteiger partial charge in [-0.2, -0.15) is 0 Å². The molecule has 0 spiro atoms. The minimum absolute atomic E-state index is 0.205. The van der Waals surface area contributed by atoms with E-state index in [1.807, 2.05) is 0 Å². The maximum Gasteiger partial charge on any atom is 0.320 e. The molecule has 0 aromatic heterocycles. The SMILES string of the molecule is NC(CCc1ccc(O)cc1)C(=O)O. The molecule has 0 aliphatic heterocycles. The molecule has 0 aliphatic carbocycles. The zero-order valence-corrected chi connectivity index (χ0v) is 7.68. The minimum atomic E-state index is -0.983. The molecule has 1 unspecified atom stereocenters. The fourth-order valence-corrected chi connectivity index (χ4v) is 1.11. The third-order valence-corrected chi connectivity index (χ3v) is 2.00. The molecule has 4 N–H and O–H groups in total. The Morgan fingerprint density at radius 2 is 1.93 bits per heavy atom. The lowest BCUT2D eigenvalue weighted by atomic mass is 10.1. The summed E-state index contributed by atoms with van der Waals surface area (Å²) in [6, 6.07) is 5.83. The largest absolute Gasteiger partial charge is 0.508 e. The van der Waals surface area contributed by atoms with Crippen LogP contribution in [0.4, 0.5) is 0 Å². The number of phenols is 1. The van der Waals surface area contributed by atoms with E-state index < -0.39 is 12.0 Å². The number of carboxylic acids is 1. The Labute approximate surface area is 82.0 Å². The van der Waals surface area contributed by atoms with Crippen molar-refractivity contribution in [1.82, 2.24) is 0 Å². The van der Waals surface area contributed by atoms with E-state index in [0.29, 0.717) is 12.8 Å². The molecule has 0 bridgehead atoms. The number of rotatable bonds is 4. The monoisotopic (exact) mass is 195 g/mol. The molecular weight excluding hydrogens is 182 g/mol. The first-order chi connectivity index (χ1) is 6.59. The zero-order valence-electron chi connectivity index (χ0n) is 7.68. The maximum absolute atomic E-state index is 10.4. The fourth-order valence-electron chi connectivity index (χ4n) is 1.11. The predicted octanol–water partition coefficient (Wildman–Crippen LogP) is 0.737. The van der Waals surface area contributed by atoms with E-state index in [2.05, 4.69) is 0 Å². The smallest absolute Gasteiger partial charge is 0.320 e. The van der Waals surface area contributed by atoms with Gasteiger partial charge in [0.15, 0.2) is 0 Å².